The van der Waals surface area contributed by atoms with Gasteiger partial charge in [0.1, 0.15) is 5.41 Å². The molecule has 0 unspecified atom stereocenters. The lowest BCUT2D eigenvalue weighted by Crippen LogP contribution is -2.27. The average molecular weight is 311 g/mol. The third-order valence-corrected chi connectivity index (χ3v) is 4.62. The van der Waals surface area contributed by atoms with E-state index in [9.17, 15) is 5.26 Å². The monoisotopic (exact) mass is 311 g/mol. The van der Waals surface area contributed by atoms with E-state index in [2.05, 4.69) is 99.6 Å². The van der Waals surface area contributed by atoms with Gasteiger partial charge in [-0.15, -0.1) is 0 Å². The Hall–Kier alpha value is -2.85. The summed E-state index contributed by atoms with van der Waals surface area (Å²) in [6.45, 7) is 6.20. The molecule has 0 saturated heterocycles. The van der Waals surface area contributed by atoms with Crippen molar-refractivity contribution in [1.29, 1.82) is 5.26 Å². The van der Waals surface area contributed by atoms with Crippen LogP contribution >= 0.6 is 0 Å². The molecule has 24 heavy (non-hydrogen) atoms. The highest BCUT2D eigenvalue weighted by Gasteiger charge is 2.36. The highest BCUT2D eigenvalue weighted by atomic mass is 14.4. The van der Waals surface area contributed by atoms with E-state index >= 15 is 0 Å². The summed E-state index contributed by atoms with van der Waals surface area (Å²) < 4.78 is 0. The van der Waals surface area contributed by atoms with Crippen molar-refractivity contribution in [3.05, 3.63) is 106 Å². The highest BCUT2D eigenvalue weighted by Crippen LogP contribution is 2.39. The van der Waals surface area contributed by atoms with Crippen LogP contribution in [0.3, 0.4) is 0 Å². The maximum atomic E-state index is 10.3. The molecule has 0 amide bonds. The lowest BCUT2D eigenvalue weighted by molar-refractivity contribution is 0.793. The van der Waals surface area contributed by atoms with Crippen molar-refractivity contribution >= 4 is 0 Å². The maximum absolute atomic E-state index is 10.3. The van der Waals surface area contributed by atoms with E-state index in [-0.39, 0.29) is 0 Å². The summed E-state index contributed by atoms with van der Waals surface area (Å²) in [5.41, 5.74) is 5.79. The quantitative estimate of drug-likeness (QED) is 0.588. The van der Waals surface area contributed by atoms with Crippen molar-refractivity contribution in [2.45, 2.75) is 26.2 Å². The second-order valence-corrected chi connectivity index (χ2v) is 6.46. The third-order valence-electron chi connectivity index (χ3n) is 4.62. The molecule has 0 aliphatic carbocycles. The second-order valence-electron chi connectivity index (χ2n) is 6.46. The Kier molecular flexibility index (Phi) is 4.23. The van der Waals surface area contributed by atoms with E-state index in [0.717, 1.165) is 16.7 Å². The fourth-order valence-electron chi connectivity index (χ4n) is 3.10. The fraction of sp³-hybridized carbons (Fsp3) is 0.174. The van der Waals surface area contributed by atoms with E-state index in [0.29, 0.717) is 0 Å². The van der Waals surface area contributed by atoms with Crippen molar-refractivity contribution in [2.75, 3.05) is 0 Å². The summed E-state index contributed by atoms with van der Waals surface area (Å²) in [5, 5.41) is 10.3. The van der Waals surface area contributed by atoms with Crippen LogP contribution in [0.25, 0.3) is 0 Å². The molecule has 0 aromatic heterocycles. The van der Waals surface area contributed by atoms with E-state index < -0.39 is 5.41 Å². The van der Waals surface area contributed by atoms with Crippen LogP contribution in [0.2, 0.25) is 0 Å². The Balaban J connectivity index is 2.30. The van der Waals surface area contributed by atoms with Gasteiger partial charge in [0.25, 0.3) is 0 Å². The topological polar surface area (TPSA) is 23.8 Å². The largest absolute Gasteiger partial charge is 0.197 e. The summed E-state index contributed by atoms with van der Waals surface area (Å²) in [5.74, 6) is 0. The zero-order valence-electron chi connectivity index (χ0n) is 14.4. The minimum atomic E-state index is -0.797. The zero-order chi connectivity index (χ0) is 17.2. The van der Waals surface area contributed by atoms with Gasteiger partial charge in [-0.2, -0.15) is 5.26 Å². The molecule has 0 saturated carbocycles. The van der Waals surface area contributed by atoms with Gasteiger partial charge in [0, 0.05) is 0 Å². The maximum Gasteiger partial charge on any atom is 0.132 e. The summed E-state index contributed by atoms with van der Waals surface area (Å²) in [4.78, 5) is 0. The van der Waals surface area contributed by atoms with Gasteiger partial charge in [0.05, 0.1) is 6.07 Å². The van der Waals surface area contributed by atoms with Gasteiger partial charge in [-0.1, -0.05) is 89.5 Å². The van der Waals surface area contributed by atoms with E-state index in [1.807, 2.05) is 0 Å². The van der Waals surface area contributed by atoms with Crippen LogP contribution in [-0.4, -0.2) is 0 Å². The second kappa shape index (κ2) is 6.34. The smallest absolute Gasteiger partial charge is 0.132 e. The SMILES string of the molecule is Cc1ccc(C(C#N)(c2ccc(C)cc2)c2ccc(C)cc2)cc1. The van der Waals surface area contributed by atoms with Gasteiger partial charge >= 0.3 is 0 Å². The molecule has 0 N–H and O–H groups in total. The van der Waals surface area contributed by atoms with Crippen LogP contribution in [0.15, 0.2) is 72.8 Å². The van der Waals surface area contributed by atoms with Gasteiger partial charge < -0.3 is 0 Å². The van der Waals surface area contributed by atoms with Crippen molar-refractivity contribution in [1.82, 2.24) is 0 Å². The highest BCUT2D eigenvalue weighted by molar-refractivity contribution is 5.57. The molecule has 3 aromatic carbocycles. The molecular weight excluding hydrogens is 290 g/mol. The number of hydrogen-bond acceptors (Lipinski definition) is 1. The van der Waals surface area contributed by atoms with Crippen molar-refractivity contribution < 1.29 is 0 Å². The van der Waals surface area contributed by atoms with Gasteiger partial charge in [-0.05, 0) is 37.5 Å². The number of nitriles is 1. The summed E-state index contributed by atoms with van der Waals surface area (Å²) >= 11 is 0. The summed E-state index contributed by atoms with van der Waals surface area (Å²) in [6, 6.07) is 27.5. The fourth-order valence-corrected chi connectivity index (χ4v) is 3.10. The molecule has 1 nitrogen and oxygen atoms in total. The van der Waals surface area contributed by atoms with Crippen molar-refractivity contribution in [3.63, 3.8) is 0 Å². The van der Waals surface area contributed by atoms with Crippen LogP contribution in [0.4, 0.5) is 0 Å². The van der Waals surface area contributed by atoms with E-state index in [4.69, 9.17) is 0 Å². The van der Waals surface area contributed by atoms with E-state index in [1.54, 1.807) is 0 Å². The number of benzene rings is 3. The van der Waals surface area contributed by atoms with Gasteiger partial charge in [-0.25, -0.2) is 0 Å². The Morgan fingerprint density at radius 2 is 0.792 bits per heavy atom. The van der Waals surface area contributed by atoms with Gasteiger partial charge in [0.15, 0.2) is 0 Å². The zero-order valence-corrected chi connectivity index (χ0v) is 14.4. The Labute approximate surface area is 144 Å². The molecule has 3 rings (SSSR count). The predicted molar refractivity (Wildman–Crippen MR) is 99.0 cm³/mol. The standard InChI is InChI=1S/C23H21N/c1-17-4-10-20(11-5-17)23(16-24,21-12-6-18(2)7-13-21)22-14-8-19(3)9-15-22/h4-15H,1-3H3. The molecule has 1 heteroatoms. The van der Waals surface area contributed by atoms with Crippen LogP contribution in [0.5, 0.6) is 0 Å². The molecular formula is C23H21N. The van der Waals surface area contributed by atoms with Gasteiger partial charge in [-0.3, -0.25) is 0 Å². The van der Waals surface area contributed by atoms with Crippen LogP contribution < -0.4 is 0 Å². The minimum Gasteiger partial charge on any atom is -0.197 e. The first-order valence-corrected chi connectivity index (χ1v) is 8.19. The summed E-state index contributed by atoms with van der Waals surface area (Å²) in [7, 11) is 0. The molecule has 0 aliphatic heterocycles. The molecule has 0 fully saturated rings. The molecule has 0 aliphatic rings. The molecule has 0 bridgehead atoms. The number of rotatable bonds is 3. The number of aryl methyl sites for hydroxylation is 3. The Bertz CT molecular complexity index is 752. The number of nitrogens with zero attached hydrogens (tertiary/aromatic N) is 1. The molecule has 0 atom stereocenters. The lowest BCUT2D eigenvalue weighted by Gasteiger charge is -2.29. The first-order valence-electron chi connectivity index (χ1n) is 8.19. The van der Waals surface area contributed by atoms with Crippen molar-refractivity contribution in [3.8, 4) is 6.07 Å². The van der Waals surface area contributed by atoms with Crippen LogP contribution in [0.1, 0.15) is 33.4 Å². The molecule has 0 radical (unpaired) electrons. The summed E-state index contributed by atoms with van der Waals surface area (Å²) in [6.07, 6.45) is 0. The lowest BCUT2D eigenvalue weighted by atomic mass is 9.70. The molecule has 118 valence electrons. The van der Waals surface area contributed by atoms with Crippen molar-refractivity contribution in [2.24, 2.45) is 0 Å². The minimum absolute atomic E-state index is 0.797. The average Bonchev–Trinajstić information content (AvgIpc) is 2.60. The Morgan fingerprint density at radius 3 is 1.00 bits per heavy atom. The Morgan fingerprint density at radius 1 is 0.542 bits per heavy atom. The normalized spacial score (nSPS) is 11.1. The first-order chi connectivity index (χ1) is 11.6. The van der Waals surface area contributed by atoms with Gasteiger partial charge in [0.2, 0.25) is 0 Å². The van der Waals surface area contributed by atoms with E-state index in [1.165, 1.54) is 16.7 Å². The van der Waals surface area contributed by atoms with Crippen LogP contribution in [0, 0.1) is 32.1 Å². The first kappa shape index (κ1) is 16.0. The molecule has 0 heterocycles. The number of hydrogen-bond donors (Lipinski definition) is 0. The molecule has 0 spiro atoms. The molecule has 3 aromatic rings. The van der Waals surface area contributed by atoms with Crippen LogP contribution in [-0.2, 0) is 5.41 Å². The predicted octanol–water partition coefficient (Wildman–Crippen LogP) is 5.47. The third kappa shape index (κ3) is 2.72.